The van der Waals surface area contributed by atoms with Gasteiger partial charge in [-0.2, -0.15) is 0 Å². The number of benzene rings is 1. The summed E-state index contributed by atoms with van der Waals surface area (Å²) in [6.07, 6.45) is 4.85. The van der Waals surface area contributed by atoms with Crippen molar-refractivity contribution >= 4 is 11.7 Å². The molecule has 2 unspecified atom stereocenters. The van der Waals surface area contributed by atoms with Crippen LogP contribution in [0.5, 0.6) is 0 Å². The van der Waals surface area contributed by atoms with Crippen LogP contribution in [0.15, 0.2) is 24.3 Å². The number of hydrogen-bond acceptors (Lipinski definition) is 3. The summed E-state index contributed by atoms with van der Waals surface area (Å²) in [4.78, 5) is 14.6. The van der Waals surface area contributed by atoms with E-state index in [1.807, 2.05) is 6.07 Å². The minimum atomic E-state index is -0.0946. The molecule has 2 amide bonds. The maximum absolute atomic E-state index is 12.2. The average molecular weight is 331 g/mol. The molecule has 0 radical (unpaired) electrons. The highest BCUT2D eigenvalue weighted by Gasteiger charge is 2.23. The SMILES string of the molecule is CC(NC(=O)NCc1ccccc1N1CCCCC1)C1CCOC1. The van der Waals surface area contributed by atoms with Gasteiger partial charge >= 0.3 is 6.03 Å². The molecular formula is C19H29N3O2. The zero-order valence-electron chi connectivity index (χ0n) is 14.6. The van der Waals surface area contributed by atoms with Crippen molar-refractivity contribution in [3.05, 3.63) is 29.8 Å². The van der Waals surface area contributed by atoms with E-state index < -0.39 is 0 Å². The number of anilines is 1. The Morgan fingerprint density at radius 1 is 1.29 bits per heavy atom. The summed E-state index contributed by atoms with van der Waals surface area (Å²) < 4.78 is 5.39. The summed E-state index contributed by atoms with van der Waals surface area (Å²) in [6.45, 7) is 6.40. The van der Waals surface area contributed by atoms with Gasteiger partial charge in [0.2, 0.25) is 0 Å². The highest BCUT2D eigenvalue weighted by molar-refractivity contribution is 5.74. The monoisotopic (exact) mass is 331 g/mol. The highest BCUT2D eigenvalue weighted by Crippen LogP contribution is 2.24. The number of carbonyl (C=O) groups excluding carboxylic acids is 1. The Balaban J connectivity index is 1.53. The minimum absolute atomic E-state index is 0.0946. The number of carbonyl (C=O) groups is 1. The fourth-order valence-corrected chi connectivity index (χ4v) is 3.60. The second-order valence-electron chi connectivity index (χ2n) is 6.92. The third-order valence-electron chi connectivity index (χ3n) is 5.16. The average Bonchev–Trinajstić information content (AvgIpc) is 3.16. The Morgan fingerprint density at radius 2 is 2.08 bits per heavy atom. The van der Waals surface area contributed by atoms with Crippen molar-refractivity contribution in [1.82, 2.24) is 10.6 Å². The first kappa shape index (κ1) is 17.1. The molecule has 3 rings (SSSR count). The standard InChI is InChI=1S/C19H29N3O2/c1-15(17-9-12-24-14-17)21-19(23)20-13-16-7-3-4-8-18(16)22-10-5-2-6-11-22/h3-4,7-8,15,17H,2,5-6,9-14H2,1H3,(H2,20,21,23). The molecule has 2 atom stereocenters. The van der Waals surface area contributed by atoms with Gasteiger partial charge in [-0.15, -0.1) is 0 Å². The van der Waals surface area contributed by atoms with Gasteiger partial charge in [-0.25, -0.2) is 4.79 Å². The lowest BCUT2D eigenvalue weighted by atomic mass is 10.0. The van der Waals surface area contributed by atoms with Gasteiger partial charge in [0.1, 0.15) is 0 Å². The van der Waals surface area contributed by atoms with Gasteiger partial charge in [0, 0.05) is 43.9 Å². The van der Waals surface area contributed by atoms with E-state index in [0.717, 1.165) is 32.7 Å². The maximum Gasteiger partial charge on any atom is 0.315 e. The molecule has 2 heterocycles. The Morgan fingerprint density at radius 3 is 2.83 bits per heavy atom. The molecule has 2 N–H and O–H groups in total. The molecule has 2 aliphatic rings. The van der Waals surface area contributed by atoms with Crippen molar-refractivity contribution in [2.45, 2.75) is 45.2 Å². The first-order valence-electron chi connectivity index (χ1n) is 9.19. The number of nitrogens with zero attached hydrogens (tertiary/aromatic N) is 1. The Kier molecular flexibility index (Phi) is 5.96. The van der Waals surface area contributed by atoms with Crippen LogP contribution in [0, 0.1) is 5.92 Å². The molecule has 0 saturated carbocycles. The normalized spacial score (nSPS) is 22.2. The topological polar surface area (TPSA) is 53.6 Å². The molecule has 2 saturated heterocycles. The second-order valence-corrected chi connectivity index (χ2v) is 6.92. The van der Waals surface area contributed by atoms with Crippen LogP contribution in [0.1, 0.15) is 38.2 Å². The van der Waals surface area contributed by atoms with Gasteiger partial charge in [0.25, 0.3) is 0 Å². The molecule has 0 spiro atoms. The zero-order chi connectivity index (χ0) is 16.8. The molecule has 5 heteroatoms. The van der Waals surface area contributed by atoms with Gasteiger partial charge < -0.3 is 20.3 Å². The molecule has 1 aromatic carbocycles. The molecule has 1 aromatic rings. The first-order valence-corrected chi connectivity index (χ1v) is 9.19. The van der Waals surface area contributed by atoms with Gasteiger partial charge in [-0.05, 0) is 44.2 Å². The second kappa shape index (κ2) is 8.38. The lowest BCUT2D eigenvalue weighted by Gasteiger charge is -2.30. The van der Waals surface area contributed by atoms with Gasteiger partial charge in [0.15, 0.2) is 0 Å². The number of rotatable bonds is 5. The Labute approximate surface area is 144 Å². The van der Waals surface area contributed by atoms with E-state index in [9.17, 15) is 4.79 Å². The van der Waals surface area contributed by atoms with Crippen LogP contribution in [0.25, 0.3) is 0 Å². The molecule has 2 fully saturated rings. The summed E-state index contributed by atoms with van der Waals surface area (Å²) in [6, 6.07) is 8.45. The largest absolute Gasteiger partial charge is 0.381 e. The lowest BCUT2D eigenvalue weighted by Crippen LogP contribution is -2.44. The van der Waals surface area contributed by atoms with Crippen molar-refractivity contribution in [2.75, 3.05) is 31.2 Å². The molecule has 0 bridgehead atoms. The van der Waals surface area contributed by atoms with E-state index in [1.54, 1.807) is 0 Å². The van der Waals surface area contributed by atoms with Crippen molar-refractivity contribution in [3.63, 3.8) is 0 Å². The quantitative estimate of drug-likeness (QED) is 0.872. The summed E-state index contributed by atoms with van der Waals surface area (Å²) >= 11 is 0. The number of nitrogens with one attached hydrogen (secondary N) is 2. The van der Waals surface area contributed by atoms with Crippen molar-refractivity contribution in [3.8, 4) is 0 Å². The van der Waals surface area contributed by atoms with Gasteiger partial charge in [0.05, 0.1) is 6.61 Å². The van der Waals surface area contributed by atoms with Crippen LogP contribution in [0.3, 0.4) is 0 Å². The molecule has 2 aliphatic heterocycles. The van der Waals surface area contributed by atoms with Crippen molar-refractivity contribution in [1.29, 1.82) is 0 Å². The van der Waals surface area contributed by atoms with Gasteiger partial charge in [-0.3, -0.25) is 0 Å². The lowest BCUT2D eigenvalue weighted by molar-refractivity contribution is 0.178. The summed E-state index contributed by atoms with van der Waals surface area (Å²) in [5.41, 5.74) is 2.45. The van der Waals surface area contributed by atoms with Crippen LogP contribution < -0.4 is 15.5 Å². The van der Waals surface area contributed by atoms with E-state index in [1.165, 1.54) is 30.5 Å². The number of piperidine rings is 1. The van der Waals surface area contributed by atoms with E-state index in [4.69, 9.17) is 4.74 Å². The smallest absolute Gasteiger partial charge is 0.315 e. The summed E-state index contributed by atoms with van der Waals surface area (Å²) in [5, 5.41) is 6.06. The third-order valence-corrected chi connectivity index (χ3v) is 5.16. The Bertz CT molecular complexity index is 537. The van der Waals surface area contributed by atoms with Crippen molar-refractivity contribution < 1.29 is 9.53 Å². The van der Waals surface area contributed by atoms with E-state index in [2.05, 4.69) is 40.7 Å². The number of urea groups is 1. The molecule has 0 aromatic heterocycles. The highest BCUT2D eigenvalue weighted by atomic mass is 16.5. The number of ether oxygens (including phenoxy) is 1. The number of para-hydroxylation sites is 1. The first-order chi connectivity index (χ1) is 11.7. The molecule has 24 heavy (non-hydrogen) atoms. The van der Waals surface area contributed by atoms with Crippen LogP contribution in [-0.4, -0.2) is 38.4 Å². The van der Waals surface area contributed by atoms with Gasteiger partial charge in [-0.1, -0.05) is 18.2 Å². The maximum atomic E-state index is 12.2. The molecule has 0 aliphatic carbocycles. The number of amides is 2. The van der Waals surface area contributed by atoms with E-state index in [-0.39, 0.29) is 12.1 Å². The summed E-state index contributed by atoms with van der Waals surface area (Å²) in [7, 11) is 0. The number of hydrogen-bond donors (Lipinski definition) is 2. The predicted octanol–water partition coefficient (Wildman–Crippen LogP) is 2.90. The Hall–Kier alpha value is -1.75. The molecular weight excluding hydrogens is 302 g/mol. The molecule has 132 valence electrons. The summed E-state index contributed by atoms with van der Waals surface area (Å²) in [5.74, 6) is 0.427. The van der Waals surface area contributed by atoms with Crippen LogP contribution in [0.2, 0.25) is 0 Å². The van der Waals surface area contributed by atoms with Crippen molar-refractivity contribution in [2.24, 2.45) is 5.92 Å². The van der Waals surface area contributed by atoms with Crippen LogP contribution in [-0.2, 0) is 11.3 Å². The van der Waals surface area contributed by atoms with E-state index in [0.29, 0.717) is 12.5 Å². The molecule has 5 nitrogen and oxygen atoms in total. The zero-order valence-corrected chi connectivity index (χ0v) is 14.6. The minimum Gasteiger partial charge on any atom is -0.381 e. The fourth-order valence-electron chi connectivity index (χ4n) is 3.60. The van der Waals surface area contributed by atoms with Crippen LogP contribution in [0.4, 0.5) is 10.5 Å². The van der Waals surface area contributed by atoms with Crippen LogP contribution >= 0.6 is 0 Å². The fraction of sp³-hybridized carbons (Fsp3) is 0.632. The third kappa shape index (κ3) is 4.41. The predicted molar refractivity (Wildman–Crippen MR) is 96.3 cm³/mol. The van der Waals surface area contributed by atoms with E-state index >= 15 is 0 Å².